The maximum Gasteiger partial charge on any atom is 0.407 e. The van der Waals surface area contributed by atoms with Crippen molar-refractivity contribution in [1.82, 2.24) is 15.4 Å². The van der Waals surface area contributed by atoms with Crippen LogP contribution in [-0.4, -0.2) is 63.0 Å². The standard InChI is InChI=1S/C24H29N3O7S/c1-2-35(32,33)26-14-13-25-23(30)21(11-12-22(28)29)27-24(31)34-15-20-18-9-5-3-7-16(18)17-8-4-6-10-19(17)20/h3-10,20-21,26H,2,11-15H2,1H3,(H,25,30)(H,27,31)(H,28,29). The predicted octanol–water partition coefficient (Wildman–Crippen LogP) is 1.81. The molecule has 0 heterocycles. The van der Waals surface area contributed by atoms with E-state index in [-0.39, 0.29) is 44.2 Å². The smallest absolute Gasteiger partial charge is 0.407 e. The first-order valence-corrected chi connectivity index (χ1v) is 13.0. The van der Waals surface area contributed by atoms with Gasteiger partial charge in [0.25, 0.3) is 0 Å². The molecule has 35 heavy (non-hydrogen) atoms. The number of alkyl carbamates (subject to hydrolysis) is 1. The number of carboxylic acid groups (broad SMARTS) is 1. The number of aliphatic carboxylic acids is 1. The minimum Gasteiger partial charge on any atom is -0.481 e. The fourth-order valence-corrected chi connectivity index (χ4v) is 4.55. The van der Waals surface area contributed by atoms with Gasteiger partial charge in [-0.2, -0.15) is 0 Å². The third kappa shape index (κ3) is 7.03. The fraction of sp³-hybridized carbons (Fsp3) is 0.375. The first kappa shape index (κ1) is 26.2. The summed E-state index contributed by atoms with van der Waals surface area (Å²) in [6, 6.07) is 14.6. The zero-order valence-corrected chi connectivity index (χ0v) is 20.1. The average Bonchev–Trinajstić information content (AvgIpc) is 3.16. The summed E-state index contributed by atoms with van der Waals surface area (Å²) >= 11 is 0. The SMILES string of the molecule is CCS(=O)(=O)NCCNC(=O)C(CCC(=O)O)NC(=O)OCC1c2ccccc2-c2ccccc21. The number of amides is 2. The number of ether oxygens (including phenoxy) is 1. The quantitative estimate of drug-likeness (QED) is 0.323. The Morgan fingerprint density at radius 2 is 1.60 bits per heavy atom. The Morgan fingerprint density at radius 3 is 2.17 bits per heavy atom. The second-order valence-corrected chi connectivity index (χ2v) is 10.1. The van der Waals surface area contributed by atoms with Crippen molar-refractivity contribution in [3.8, 4) is 11.1 Å². The monoisotopic (exact) mass is 503 g/mol. The summed E-state index contributed by atoms with van der Waals surface area (Å²) in [7, 11) is -3.40. The van der Waals surface area contributed by atoms with Crippen molar-refractivity contribution in [2.24, 2.45) is 0 Å². The largest absolute Gasteiger partial charge is 0.481 e. The second kappa shape index (κ2) is 11.8. The lowest BCUT2D eigenvalue weighted by Crippen LogP contribution is -2.48. The van der Waals surface area contributed by atoms with Crippen LogP contribution in [0.3, 0.4) is 0 Å². The molecule has 11 heteroatoms. The molecule has 1 aliphatic rings. The van der Waals surface area contributed by atoms with Gasteiger partial charge in [-0.15, -0.1) is 0 Å². The van der Waals surface area contributed by atoms with Gasteiger partial charge in [-0.3, -0.25) is 9.59 Å². The number of carboxylic acids is 1. The van der Waals surface area contributed by atoms with Crippen molar-refractivity contribution in [3.05, 3.63) is 59.7 Å². The Morgan fingerprint density at radius 1 is 1.00 bits per heavy atom. The van der Waals surface area contributed by atoms with Crippen LogP contribution in [-0.2, 0) is 24.3 Å². The number of nitrogens with one attached hydrogen (secondary N) is 3. The molecule has 2 amide bonds. The first-order valence-electron chi connectivity index (χ1n) is 11.3. The van der Waals surface area contributed by atoms with Crippen LogP contribution in [0.5, 0.6) is 0 Å². The predicted molar refractivity (Wildman–Crippen MR) is 129 cm³/mol. The van der Waals surface area contributed by atoms with Crippen LogP contribution >= 0.6 is 0 Å². The summed E-state index contributed by atoms with van der Waals surface area (Å²) in [5.41, 5.74) is 4.23. The maximum absolute atomic E-state index is 12.5. The lowest BCUT2D eigenvalue weighted by atomic mass is 9.98. The molecule has 0 aliphatic heterocycles. The Hall–Kier alpha value is -3.44. The maximum atomic E-state index is 12.5. The number of sulfonamides is 1. The van der Waals surface area contributed by atoms with E-state index in [0.717, 1.165) is 22.3 Å². The molecule has 0 saturated carbocycles. The molecule has 1 atom stereocenters. The molecule has 0 saturated heterocycles. The van der Waals surface area contributed by atoms with E-state index in [2.05, 4.69) is 15.4 Å². The normalized spacial score (nSPS) is 13.4. The highest BCUT2D eigenvalue weighted by Crippen LogP contribution is 2.44. The van der Waals surface area contributed by atoms with E-state index in [9.17, 15) is 22.8 Å². The van der Waals surface area contributed by atoms with Crippen LogP contribution in [0, 0.1) is 0 Å². The molecule has 188 valence electrons. The number of rotatable bonds is 12. The van der Waals surface area contributed by atoms with E-state index in [4.69, 9.17) is 9.84 Å². The minimum absolute atomic E-state index is 0.0198. The molecular weight excluding hydrogens is 474 g/mol. The number of hydrogen-bond acceptors (Lipinski definition) is 6. The van der Waals surface area contributed by atoms with Gasteiger partial charge in [0, 0.05) is 25.4 Å². The zero-order chi connectivity index (χ0) is 25.4. The van der Waals surface area contributed by atoms with E-state index in [1.54, 1.807) is 0 Å². The van der Waals surface area contributed by atoms with Crippen LogP contribution in [0.15, 0.2) is 48.5 Å². The summed E-state index contributed by atoms with van der Waals surface area (Å²) < 4.78 is 30.7. The van der Waals surface area contributed by atoms with Crippen LogP contribution in [0.2, 0.25) is 0 Å². The lowest BCUT2D eigenvalue weighted by Gasteiger charge is -2.19. The summed E-state index contributed by atoms with van der Waals surface area (Å²) in [4.78, 5) is 36.0. The molecule has 10 nitrogen and oxygen atoms in total. The third-order valence-electron chi connectivity index (χ3n) is 5.73. The van der Waals surface area contributed by atoms with Gasteiger partial charge in [-0.1, -0.05) is 48.5 Å². The van der Waals surface area contributed by atoms with Crippen molar-refractivity contribution in [1.29, 1.82) is 0 Å². The molecule has 1 aliphatic carbocycles. The van der Waals surface area contributed by atoms with Crippen molar-refractivity contribution < 1.29 is 32.6 Å². The van der Waals surface area contributed by atoms with Gasteiger partial charge in [0.15, 0.2) is 0 Å². The van der Waals surface area contributed by atoms with Crippen molar-refractivity contribution in [3.63, 3.8) is 0 Å². The number of carbonyl (C=O) groups excluding carboxylic acids is 2. The molecule has 0 fully saturated rings. The number of hydrogen-bond donors (Lipinski definition) is 4. The van der Waals surface area contributed by atoms with Crippen LogP contribution in [0.25, 0.3) is 11.1 Å². The van der Waals surface area contributed by atoms with Gasteiger partial charge < -0.3 is 20.5 Å². The molecule has 0 spiro atoms. The van der Waals surface area contributed by atoms with E-state index in [0.29, 0.717) is 0 Å². The Kier molecular flexibility index (Phi) is 8.83. The third-order valence-corrected chi connectivity index (χ3v) is 7.13. The van der Waals surface area contributed by atoms with Crippen LogP contribution in [0.4, 0.5) is 4.79 Å². The Balaban J connectivity index is 1.58. The second-order valence-electron chi connectivity index (χ2n) is 8.04. The highest BCUT2D eigenvalue weighted by molar-refractivity contribution is 7.89. The van der Waals surface area contributed by atoms with Crippen LogP contribution < -0.4 is 15.4 Å². The van der Waals surface area contributed by atoms with E-state index in [1.807, 2.05) is 48.5 Å². The molecule has 3 rings (SSSR count). The summed E-state index contributed by atoms with van der Waals surface area (Å²) in [5, 5.41) is 13.9. The van der Waals surface area contributed by atoms with Gasteiger partial charge in [0.1, 0.15) is 12.6 Å². The van der Waals surface area contributed by atoms with Crippen molar-refractivity contribution in [2.45, 2.75) is 31.7 Å². The fourth-order valence-electron chi connectivity index (χ4n) is 3.94. The van der Waals surface area contributed by atoms with Gasteiger partial charge in [-0.05, 0) is 35.6 Å². The number of fused-ring (bicyclic) bond motifs is 3. The molecular formula is C24H29N3O7S. The van der Waals surface area contributed by atoms with Gasteiger partial charge >= 0.3 is 12.1 Å². The average molecular weight is 504 g/mol. The molecule has 4 N–H and O–H groups in total. The van der Waals surface area contributed by atoms with Gasteiger partial charge in [0.2, 0.25) is 15.9 Å². The summed E-state index contributed by atoms with van der Waals surface area (Å²) in [6.45, 7) is 1.49. The molecule has 2 aromatic carbocycles. The summed E-state index contributed by atoms with van der Waals surface area (Å²) in [5.74, 6) is -2.00. The van der Waals surface area contributed by atoms with E-state index in [1.165, 1.54) is 6.92 Å². The first-order chi connectivity index (χ1) is 16.7. The van der Waals surface area contributed by atoms with E-state index < -0.39 is 34.0 Å². The number of carbonyl (C=O) groups is 3. The minimum atomic E-state index is -3.40. The van der Waals surface area contributed by atoms with Crippen molar-refractivity contribution >= 4 is 28.0 Å². The lowest BCUT2D eigenvalue weighted by molar-refractivity contribution is -0.137. The van der Waals surface area contributed by atoms with Crippen molar-refractivity contribution in [2.75, 3.05) is 25.4 Å². The topological polar surface area (TPSA) is 151 Å². The highest BCUT2D eigenvalue weighted by Gasteiger charge is 2.30. The molecule has 0 radical (unpaired) electrons. The van der Waals surface area contributed by atoms with Gasteiger partial charge in [0.05, 0.1) is 5.75 Å². The molecule has 2 aromatic rings. The van der Waals surface area contributed by atoms with Gasteiger partial charge in [-0.25, -0.2) is 17.9 Å². The van der Waals surface area contributed by atoms with Crippen LogP contribution in [0.1, 0.15) is 36.8 Å². The van der Waals surface area contributed by atoms with E-state index >= 15 is 0 Å². The number of benzene rings is 2. The Labute approximate surface area is 204 Å². The Bertz CT molecular complexity index is 1140. The summed E-state index contributed by atoms with van der Waals surface area (Å²) in [6.07, 6.45) is -1.33. The molecule has 0 aromatic heterocycles. The highest BCUT2D eigenvalue weighted by atomic mass is 32.2. The molecule has 0 bridgehead atoms. The molecule has 1 unspecified atom stereocenters. The zero-order valence-electron chi connectivity index (χ0n) is 19.3.